The third-order valence-electron chi connectivity index (χ3n) is 12.9. The fourth-order valence-corrected chi connectivity index (χ4v) is 12.3. The molecule has 1 aromatic carbocycles. The van der Waals surface area contributed by atoms with Gasteiger partial charge in [0.1, 0.15) is 11.7 Å². The van der Waals surface area contributed by atoms with Crippen molar-refractivity contribution in [2.75, 3.05) is 48.1 Å². The lowest BCUT2D eigenvalue weighted by atomic mass is 9.43. The molecule has 7 rings (SSSR count). The van der Waals surface area contributed by atoms with Crippen LogP contribution < -0.4 is 0 Å². The summed E-state index contributed by atoms with van der Waals surface area (Å²) in [5.74, 6) is -0.797. The summed E-state index contributed by atoms with van der Waals surface area (Å²) in [6, 6.07) is 9.26. The van der Waals surface area contributed by atoms with Gasteiger partial charge in [-0.3, -0.25) is 9.69 Å². The molecule has 9 heteroatoms. The number of esters is 2. The van der Waals surface area contributed by atoms with Gasteiger partial charge in [-0.25, -0.2) is 4.79 Å². The molecule has 7 bridgehead atoms. The normalized spacial score (nSPS) is 47.3. The third kappa shape index (κ3) is 3.69. The molecular formula is C34H47NO8. The molecule has 0 radical (unpaired) electrons. The molecule has 43 heavy (non-hydrogen) atoms. The number of nitrogens with zero attached hydrogens (tertiary/aromatic N) is 1. The summed E-state index contributed by atoms with van der Waals surface area (Å²) < 4.78 is 38.7. The van der Waals surface area contributed by atoms with Crippen LogP contribution in [0.25, 0.3) is 0 Å². The van der Waals surface area contributed by atoms with Crippen molar-refractivity contribution in [3.63, 3.8) is 0 Å². The fourth-order valence-electron chi connectivity index (χ4n) is 12.3. The SMILES string of the molecule is CCN1C[C@]2(COC)CC[C@H](OC)[C@@]34[C@@H]5C[C@H]6[C@@H](OC(=O)c7ccccc7)[C@@H]5[C@](OC(C)=O)(C[C@H]6OC)[C@@H]([C@H](OC)[C@H]23)[C@@H]14. The van der Waals surface area contributed by atoms with Crippen molar-refractivity contribution >= 4 is 11.9 Å². The van der Waals surface area contributed by atoms with E-state index in [1.54, 1.807) is 26.4 Å². The number of fused-ring (bicyclic) bond motifs is 2. The zero-order valence-corrected chi connectivity index (χ0v) is 26.3. The molecule has 6 aliphatic rings. The molecule has 0 aromatic heterocycles. The quantitative estimate of drug-likeness (QED) is 0.396. The molecule has 6 fully saturated rings. The van der Waals surface area contributed by atoms with E-state index in [1.807, 2.05) is 32.4 Å². The summed E-state index contributed by atoms with van der Waals surface area (Å²) in [7, 11) is 7.20. The first-order valence-electron chi connectivity index (χ1n) is 16.0. The Bertz CT molecular complexity index is 1240. The third-order valence-corrected chi connectivity index (χ3v) is 12.9. The largest absolute Gasteiger partial charge is 0.458 e. The summed E-state index contributed by atoms with van der Waals surface area (Å²) in [6.45, 7) is 6.16. The van der Waals surface area contributed by atoms with Crippen LogP contribution in [0.5, 0.6) is 0 Å². The topological polar surface area (TPSA) is 92.8 Å². The van der Waals surface area contributed by atoms with Crippen LogP contribution in [0.3, 0.4) is 0 Å². The van der Waals surface area contributed by atoms with Crippen LogP contribution in [0.2, 0.25) is 0 Å². The molecule has 0 unspecified atom stereocenters. The van der Waals surface area contributed by atoms with Crippen molar-refractivity contribution in [3.05, 3.63) is 35.9 Å². The number of methoxy groups -OCH3 is 4. The number of carbonyl (C=O) groups is 2. The molecule has 1 heterocycles. The fraction of sp³-hybridized carbons (Fsp3) is 0.765. The first kappa shape index (κ1) is 29.7. The Labute approximate surface area is 254 Å². The van der Waals surface area contributed by atoms with Gasteiger partial charge in [-0.15, -0.1) is 0 Å². The van der Waals surface area contributed by atoms with Crippen LogP contribution in [0.1, 0.15) is 49.9 Å². The lowest BCUT2D eigenvalue weighted by molar-refractivity contribution is -0.280. The number of rotatable bonds is 9. The second-order valence-corrected chi connectivity index (χ2v) is 14.1. The van der Waals surface area contributed by atoms with Crippen molar-refractivity contribution in [1.82, 2.24) is 4.90 Å². The standard InChI is InChI=1S/C34H47NO8/c1-7-35-17-32(18-38-3)14-13-24(40-5)34-22-15-21-23(39-4)16-33(43-19(2)36,26(30(34)35)28(41-6)29(32)34)25(22)27(21)42-31(37)20-11-9-8-10-12-20/h8-12,21-30H,7,13-18H2,1-6H3/t21-,22-,23-,24+,25-,26+,27-,28+,29-,30-,32+,33-,34+/m1/s1. The maximum absolute atomic E-state index is 13.7. The molecule has 1 saturated heterocycles. The molecule has 236 valence electrons. The molecule has 13 atom stereocenters. The number of ether oxygens (including phenoxy) is 6. The van der Waals surface area contributed by atoms with E-state index < -0.39 is 11.7 Å². The predicted octanol–water partition coefficient (Wildman–Crippen LogP) is 3.59. The molecule has 1 aliphatic heterocycles. The van der Waals surface area contributed by atoms with Crippen LogP contribution in [0.15, 0.2) is 30.3 Å². The minimum Gasteiger partial charge on any atom is -0.458 e. The Morgan fingerprint density at radius 1 is 1.00 bits per heavy atom. The lowest BCUT2D eigenvalue weighted by Crippen LogP contribution is -2.77. The number of hydrogen-bond acceptors (Lipinski definition) is 9. The predicted molar refractivity (Wildman–Crippen MR) is 156 cm³/mol. The van der Waals surface area contributed by atoms with E-state index in [4.69, 9.17) is 28.4 Å². The summed E-state index contributed by atoms with van der Waals surface area (Å²) in [5.41, 5.74) is -0.816. The zero-order valence-electron chi connectivity index (χ0n) is 26.3. The van der Waals surface area contributed by atoms with Crippen LogP contribution in [-0.4, -0.2) is 101 Å². The first-order valence-corrected chi connectivity index (χ1v) is 16.0. The van der Waals surface area contributed by atoms with E-state index in [0.29, 0.717) is 18.6 Å². The van der Waals surface area contributed by atoms with Gasteiger partial charge in [0.15, 0.2) is 0 Å². The van der Waals surface area contributed by atoms with E-state index in [0.717, 1.165) is 32.4 Å². The average molecular weight is 598 g/mol. The van der Waals surface area contributed by atoms with E-state index in [2.05, 4.69) is 11.8 Å². The summed E-state index contributed by atoms with van der Waals surface area (Å²) >= 11 is 0. The van der Waals surface area contributed by atoms with Gasteiger partial charge in [0.2, 0.25) is 0 Å². The van der Waals surface area contributed by atoms with E-state index in [1.165, 1.54) is 6.92 Å². The number of benzene rings is 1. The van der Waals surface area contributed by atoms with Gasteiger partial charge in [0.25, 0.3) is 0 Å². The lowest BCUT2D eigenvalue weighted by Gasteiger charge is -2.69. The summed E-state index contributed by atoms with van der Waals surface area (Å²) in [5, 5.41) is 0. The minimum atomic E-state index is -0.922. The molecule has 0 amide bonds. The van der Waals surface area contributed by atoms with Crippen LogP contribution >= 0.6 is 0 Å². The van der Waals surface area contributed by atoms with Gasteiger partial charge in [0, 0.05) is 88.9 Å². The van der Waals surface area contributed by atoms with Crippen LogP contribution in [-0.2, 0) is 33.2 Å². The van der Waals surface area contributed by atoms with Gasteiger partial charge in [-0.2, -0.15) is 0 Å². The highest BCUT2D eigenvalue weighted by atomic mass is 16.6. The number of hydrogen-bond donors (Lipinski definition) is 0. The first-order chi connectivity index (χ1) is 20.8. The zero-order chi connectivity index (χ0) is 30.3. The van der Waals surface area contributed by atoms with Gasteiger partial charge in [-0.05, 0) is 43.9 Å². The van der Waals surface area contributed by atoms with Crippen LogP contribution in [0, 0.1) is 40.4 Å². The van der Waals surface area contributed by atoms with Crippen molar-refractivity contribution in [3.8, 4) is 0 Å². The highest BCUT2D eigenvalue weighted by Gasteiger charge is 2.88. The van der Waals surface area contributed by atoms with Gasteiger partial charge < -0.3 is 28.4 Å². The Kier molecular flexibility index (Phi) is 7.25. The molecule has 1 spiro atoms. The second kappa shape index (κ2) is 10.5. The Morgan fingerprint density at radius 3 is 2.40 bits per heavy atom. The average Bonchev–Trinajstić information content (AvgIpc) is 3.43. The second-order valence-electron chi connectivity index (χ2n) is 14.1. The maximum atomic E-state index is 13.7. The molecule has 5 aliphatic carbocycles. The highest BCUT2D eigenvalue weighted by Crippen LogP contribution is 2.80. The summed E-state index contributed by atoms with van der Waals surface area (Å²) in [4.78, 5) is 29.5. The molecule has 0 N–H and O–H groups in total. The van der Waals surface area contributed by atoms with Gasteiger partial charge in [0.05, 0.1) is 30.5 Å². The Balaban J connectivity index is 1.46. The van der Waals surface area contributed by atoms with Gasteiger partial charge >= 0.3 is 11.9 Å². The minimum absolute atomic E-state index is 0.00405. The van der Waals surface area contributed by atoms with Crippen molar-refractivity contribution in [1.29, 1.82) is 0 Å². The molecule has 5 saturated carbocycles. The Morgan fingerprint density at radius 2 is 1.77 bits per heavy atom. The van der Waals surface area contributed by atoms with Crippen molar-refractivity contribution < 1.29 is 38.0 Å². The van der Waals surface area contributed by atoms with Gasteiger partial charge in [-0.1, -0.05) is 25.1 Å². The van der Waals surface area contributed by atoms with Crippen molar-refractivity contribution in [2.45, 2.75) is 75.6 Å². The highest BCUT2D eigenvalue weighted by molar-refractivity contribution is 5.89. The molecule has 9 nitrogen and oxygen atoms in total. The molecular weight excluding hydrogens is 550 g/mol. The number of piperidine rings is 1. The smallest absolute Gasteiger partial charge is 0.338 e. The maximum Gasteiger partial charge on any atom is 0.338 e. The number of likely N-dealkylation sites (tertiary alicyclic amines) is 1. The monoisotopic (exact) mass is 597 g/mol. The molecule has 1 aromatic rings. The van der Waals surface area contributed by atoms with Crippen molar-refractivity contribution in [2.24, 2.45) is 40.4 Å². The van der Waals surface area contributed by atoms with Crippen LogP contribution in [0.4, 0.5) is 0 Å². The van der Waals surface area contributed by atoms with E-state index in [-0.39, 0.29) is 76.7 Å². The Hall–Kier alpha value is -2.04. The summed E-state index contributed by atoms with van der Waals surface area (Å²) in [6.07, 6.45) is 2.42. The number of carbonyl (C=O) groups excluding carboxylic acids is 2. The van der Waals surface area contributed by atoms with E-state index >= 15 is 0 Å². The van der Waals surface area contributed by atoms with E-state index in [9.17, 15) is 9.59 Å².